The number of nitrogens with zero attached hydrogens (tertiary/aromatic N) is 3. The van der Waals surface area contributed by atoms with Gasteiger partial charge in [-0.25, -0.2) is 4.39 Å². The molecule has 1 aromatic carbocycles. The van der Waals surface area contributed by atoms with Crippen molar-refractivity contribution in [1.29, 1.82) is 5.26 Å². The third kappa shape index (κ3) is 4.69. The lowest BCUT2D eigenvalue weighted by molar-refractivity contribution is -0.133. The molecule has 2 aromatic rings. The number of halogens is 1. The van der Waals surface area contributed by atoms with Gasteiger partial charge >= 0.3 is 0 Å². The largest absolute Gasteiger partial charge is 0.491 e. The van der Waals surface area contributed by atoms with Gasteiger partial charge in [-0.2, -0.15) is 5.26 Å². The number of hydrogen-bond donors (Lipinski definition) is 0. The summed E-state index contributed by atoms with van der Waals surface area (Å²) < 4.78 is 26.7. The highest BCUT2D eigenvalue weighted by atomic mass is 19.1. The number of likely N-dealkylation sites (tertiary alicyclic amines) is 1. The van der Waals surface area contributed by atoms with E-state index in [0.29, 0.717) is 24.6 Å². The zero-order valence-corrected chi connectivity index (χ0v) is 16.2. The van der Waals surface area contributed by atoms with E-state index in [1.54, 1.807) is 17.2 Å². The smallest absolute Gasteiger partial charge is 0.236 e. The molecule has 0 atom stereocenters. The van der Waals surface area contributed by atoms with Gasteiger partial charge in [0, 0.05) is 37.5 Å². The number of alkyl halides is 1. The molecule has 3 rings (SSSR count). The topological polar surface area (TPSA) is 75.5 Å². The van der Waals surface area contributed by atoms with E-state index in [1.807, 2.05) is 38.1 Å². The summed E-state index contributed by atoms with van der Waals surface area (Å²) in [6.45, 7) is 4.40. The number of carbonyl (C=O) groups is 1. The van der Waals surface area contributed by atoms with Crippen molar-refractivity contribution >= 4 is 16.8 Å². The van der Waals surface area contributed by atoms with Gasteiger partial charge in [-0.15, -0.1) is 0 Å². The quantitative estimate of drug-likeness (QED) is 0.759. The number of carbonyl (C=O) groups excluding carboxylic acids is 1. The van der Waals surface area contributed by atoms with Gasteiger partial charge in [0.25, 0.3) is 0 Å². The summed E-state index contributed by atoms with van der Waals surface area (Å²) in [6, 6.07) is 9.11. The van der Waals surface area contributed by atoms with Crippen LogP contribution in [-0.4, -0.2) is 47.3 Å². The minimum atomic E-state index is -1.51. The average Bonchev–Trinajstić information content (AvgIpc) is 2.66. The summed E-state index contributed by atoms with van der Waals surface area (Å²) in [5, 5.41) is 9.40. The molecule has 0 N–H and O–H groups in total. The Morgan fingerprint density at radius 2 is 2.11 bits per heavy atom. The predicted octanol–water partition coefficient (Wildman–Crippen LogP) is 3.65. The van der Waals surface area contributed by atoms with Crippen LogP contribution in [0.2, 0.25) is 0 Å². The fraction of sp³-hybridized carbons (Fsp3) is 0.476. The fourth-order valence-corrected chi connectivity index (χ4v) is 3.26. The molecule has 28 heavy (non-hydrogen) atoms. The van der Waals surface area contributed by atoms with E-state index >= 15 is 4.39 Å². The Bertz CT molecular complexity index is 886. The van der Waals surface area contributed by atoms with Crippen molar-refractivity contribution in [1.82, 2.24) is 9.88 Å². The number of pyridine rings is 1. The maximum atomic E-state index is 15.2. The highest BCUT2D eigenvalue weighted by molar-refractivity contribution is 5.86. The molecule has 2 heterocycles. The zero-order valence-electron chi connectivity index (χ0n) is 16.2. The van der Waals surface area contributed by atoms with Gasteiger partial charge in [0.1, 0.15) is 30.2 Å². The first-order valence-electron chi connectivity index (χ1n) is 9.42. The molecule has 1 fully saturated rings. The first kappa shape index (κ1) is 19.9. The molecule has 1 aliphatic heterocycles. The molecule has 0 saturated carbocycles. The SMILES string of the molecule is CC(C)Oc1ccc2nccc(OCC3(F)CCN(C(=O)CC#N)CC3)c2c1. The summed E-state index contributed by atoms with van der Waals surface area (Å²) in [7, 11) is 0. The molecule has 1 aliphatic rings. The summed E-state index contributed by atoms with van der Waals surface area (Å²) in [6.07, 6.45) is 1.89. The van der Waals surface area contributed by atoms with Crippen molar-refractivity contribution in [2.24, 2.45) is 0 Å². The highest BCUT2D eigenvalue weighted by Crippen LogP contribution is 2.32. The van der Waals surface area contributed by atoms with Crippen molar-refractivity contribution in [3.05, 3.63) is 30.5 Å². The molecule has 1 saturated heterocycles. The second kappa shape index (κ2) is 8.42. The lowest BCUT2D eigenvalue weighted by Crippen LogP contribution is -2.47. The molecular formula is C21H24FN3O3. The average molecular weight is 385 g/mol. The van der Waals surface area contributed by atoms with Crippen LogP contribution in [0.1, 0.15) is 33.1 Å². The van der Waals surface area contributed by atoms with Gasteiger partial charge < -0.3 is 14.4 Å². The Labute approximate surface area is 163 Å². The van der Waals surface area contributed by atoms with Crippen LogP contribution in [0.25, 0.3) is 10.9 Å². The van der Waals surface area contributed by atoms with E-state index < -0.39 is 5.67 Å². The van der Waals surface area contributed by atoms with Crippen LogP contribution < -0.4 is 9.47 Å². The van der Waals surface area contributed by atoms with E-state index in [2.05, 4.69) is 4.98 Å². The molecule has 0 unspecified atom stereocenters. The summed E-state index contributed by atoms with van der Waals surface area (Å²) in [5.74, 6) is 1.02. The number of fused-ring (bicyclic) bond motifs is 1. The summed E-state index contributed by atoms with van der Waals surface area (Å²) >= 11 is 0. The van der Waals surface area contributed by atoms with E-state index in [-0.39, 0.29) is 37.9 Å². The van der Waals surface area contributed by atoms with Crippen LogP contribution in [0.5, 0.6) is 11.5 Å². The van der Waals surface area contributed by atoms with Gasteiger partial charge in [0.2, 0.25) is 5.91 Å². The van der Waals surface area contributed by atoms with E-state index in [9.17, 15) is 4.79 Å². The first-order chi connectivity index (χ1) is 13.4. The van der Waals surface area contributed by atoms with Crippen LogP contribution in [0, 0.1) is 11.3 Å². The lowest BCUT2D eigenvalue weighted by atomic mass is 9.94. The normalized spacial score (nSPS) is 16.0. The monoisotopic (exact) mass is 385 g/mol. The predicted molar refractivity (Wildman–Crippen MR) is 103 cm³/mol. The second-order valence-corrected chi connectivity index (χ2v) is 7.31. The molecule has 6 nitrogen and oxygen atoms in total. The fourth-order valence-electron chi connectivity index (χ4n) is 3.26. The van der Waals surface area contributed by atoms with Crippen molar-refractivity contribution in [3.63, 3.8) is 0 Å². The van der Waals surface area contributed by atoms with Gasteiger partial charge in [-0.3, -0.25) is 9.78 Å². The molecule has 0 radical (unpaired) electrons. The molecule has 0 bridgehead atoms. The molecule has 1 amide bonds. The lowest BCUT2D eigenvalue weighted by Gasteiger charge is -2.36. The van der Waals surface area contributed by atoms with Crippen molar-refractivity contribution in [2.75, 3.05) is 19.7 Å². The van der Waals surface area contributed by atoms with Crippen molar-refractivity contribution in [2.45, 2.75) is 44.9 Å². The van der Waals surface area contributed by atoms with Crippen LogP contribution >= 0.6 is 0 Å². The molecular weight excluding hydrogens is 361 g/mol. The van der Waals surface area contributed by atoms with E-state index in [1.165, 1.54) is 0 Å². The standard InChI is InChI=1S/C21H24FN3O3/c1-15(2)28-16-3-4-18-17(13-16)19(6-10-24-18)27-14-21(22)7-11-25(12-8-21)20(26)5-9-23/h3-4,6,10,13,15H,5,7-8,11-12,14H2,1-2H3. The number of piperidine rings is 1. The Balaban J connectivity index is 1.68. The number of nitriles is 1. The number of amides is 1. The van der Waals surface area contributed by atoms with Crippen LogP contribution in [0.3, 0.4) is 0 Å². The molecule has 0 aliphatic carbocycles. The summed E-state index contributed by atoms with van der Waals surface area (Å²) in [4.78, 5) is 17.6. The first-order valence-corrected chi connectivity index (χ1v) is 9.42. The minimum absolute atomic E-state index is 0.0431. The molecule has 148 valence electrons. The molecule has 7 heteroatoms. The Morgan fingerprint density at radius 3 is 2.79 bits per heavy atom. The Hall–Kier alpha value is -2.88. The van der Waals surface area contributed by atoms with Gasteiger partial charge in [0.15, 0.2) is 0 Å². The number of ether oxygens (including phenoxy) is 2. The van der Waals surface area contributed by atoms with E-state index in [0.717, 1.165) is 10.9 Å². The van der Waals surface area contributed by atoms with Gasteiger partial charge in [-0.05, 0) is 38.1 Å². The van der Waals surface area contributed by atoms with E-state index in [4.69, 9.17) is 14.7 Å². The maximum Gasteiger partial charge on any atom is 0.236 e. The number of hydrogen-bond acceptors (Lipinski definition) is 5. The Morgan fingerprint density at radius 1 is 1.36 bits per heavy atom. The number of rotatable bonds is 6. The zero-order chi connectivity index (χ0) is 20.1. The second-order valence-electron chi connectivity index (χ2n) is 7.31. The molecule has 1 aromatic heterocycles. The van der Waals surface area contributed by atoms with Gasteiger partial charge in [-0.1, -0.05) is 0 Å². The third-order valence-corrected chi connectivity index (χ3v) is 4.77. The van der Waals surface area contributed by atoms with Crippen molar-refractivity contribution in [3.8, 4) is 17.6 Å². The summed E-state index contributed by atoms with van der Waals surface area (Å²) in [5.41, 5.74) is -0.760. The highest BCUT2D eigenvalue weighted by Gasteiger charge is 2.36. The maximum absolute atomic E-state index is 15.2. The molecule has 0 spiro atoms. The van der Waals surface area contributed by atoms with Gasteiger partial charge in [0.05, 0.1) is 17.7 Å². The Kier molecular flexibility index (Phi) is 5.98. The minimum Gasteiger partial charge on any atom is -0.491 e. The van der Waals surface area contributed by atoms with Crippen molar-refractivity contribution < 1.29 is 18.7 Å². The van der Waals surface area contributed by atoms with Crippen LogP contribution in [0.15, 0.2) is 30.5 Å². The number of benzene rings is 1. The number of aromatic nitrogens is 1. The van der Waals surface area contributed by atoms with Crippen LogP contribution in [-0.2, 0) is 4.79 Å². The third-order valence-electron chi connectivity index (χ3n) is 4.77. The van der Waals surface area contributed by atoms with Crippen LogP contribution in [0.4, 0.5) is 4.39 Å².